The number of nitrogens with zero attached hydrogens (tertiary/aromatic N) is 4. The molecule has 22 heteroatoms. The van der Waals surface area contributed by atoms with Gasteiger partial charge in [-0.05, 0) is 93.3 Å². The van der Waals surface area contributed by atoms with Crippen LogP contribution in [0.4, 0.5) is 20.6 Å². The number of likely N-dealkylation sites (tertiary alicyclic amines) is 1. The summed E-state index contributed by atoms with van der Waals surface area (Å²) in [6.07, 6.45) is 2.36. The number of anilines is 2. The average Bonchev–Trinajstić information content (AvgIpc) is 3.74. The van der Waals surface area contributed by atoms with E-state index in [1.165, 1.54) is 25.6 Å². The number of amides is 4. The smallest absolute Gasteiger partial charge is 0.349 e. The molecule has 18 nitrogen and oxygen atoms in total. The van der Waals surface area contributed by atoms with Crippen molar-refractivity contribution in [1.82, 2.24) is 23.7 Å². The number of piperidine rings is 3. The molecule has 3 aliphatic rings. The van der Waals surface area contributed by atoms with Gasteiger partial charge in [-0.3, -0.25) is 24.0 Å². The Balaban J connectivity index is 0.868. The largest absolute Gasteiger partial charge is 0.479 e. The standard InChI is InChI=1S/C46H49ClFN7O11S2/c1-46(2)22-29(49-31-9-5-8-30(38(31)48)40-37(47)39(66-23-36(57)58)41(67-40)43(60)61)16-19-54(46)68(64,65)24-25-6-4-7-28(20-25)50-44(62)53-17-14-26(15-18-53)27-10-11-32-34(21-27)52(3)45(63)55(32)33-12-13-35(56)51-42(33)59/h4-11,20-21,26,29,33,49H,12-19,22-24H2,1-3H3,(H,50,62)(H,57,58)(H,60,61)(H,51,56,59)/t29-,33?/m0/s1. The van der Waals surface area contributed by atoms with Gasteiger partial charge in [-0.1, -0.05) is 41.9 Å². The van der Waals surface area contributed by atoms with Gasteiger partial charge in [-0.2, -0.15) is 4.31 Å². The number of thiophene rings is 1. The molecular formula is C46H49ClFN7O11S2. The highest BCUT2D eigenvalue weighted by molar-refractivity contribution is 7.88. The Labute approximate surface area is 398 Å². The van der Waals surface area contributed by atoms with E-state index < -0.39 is 51.9 Å². The predicted octanol–water partition coefficient (Wildman–Crippen LogP) is 6.60. The lowest BCUT2D eigenvalue weighted by atomic mass is 9.89. The summed E-state index contributed by atoms with van der Waals surface area (Å²) in [6, 6.07) is 15.5. The number of imidazole rings is 1. The fourth-order valence-corrected chi connectivity index (χ4v) is 12.9. The third kappa shape index (κ3) is 9.69. The number of carboxylic acids is 2. The zero-order chi connectivity index (χ0) is 48.8. The first-order valence-corrected chi connectivity index (χ1v) is 24.7. The van der Waals surface area contributed by atoms with Crippen LogP contribution in [0.3, 0.4) is 0 Å². The molecule has 3 aromatic carbocycles. The number of carbonyl (C=O) groups excluding carboxylic acids is 3. The second kappa shape index (κ2) is 19.0. The molecule has 2 atom stereocenters. The Morgan fingerprint density at radius 3 is 2.40 bits per heavy atom. The number of halogens is 2. The molecule has 4 amide bonds. The van der Waals surface area contributed by atoms with Gasteiger partial charge < -0.3 is 30.5 Å². The highest BCUT2D eigenvalue weighted by Gasteiger charge is 2.42. The molecular weight excluding hydrogens is 945 g/mol. The Kier molecular flexibility index (Phi) is 13.5. The Morgan fingerprint density at radius 2 is 1.71 bits per heavy atom. The number of fused-ring (bicyclic) bond motifs is 1. The minimum Gasteiger partial charge on any atom is -0.479 e. The maximum absolute atomic E-state index is 16.1. The first kappa shape index (κ1) is 48.2. The van der Waals surface area contributed by atoms with Crippen LogP contribution in [0.5, 0.6) is 5.75 Å². The molecule has 0 bridgehead atoms. The predicted molar refractivity (Wildman–Crippen MR) is 252 cm³/mol. The van der Waals surface area contributed by atoms with Crippen molar-refractivity contribution < 1.29 is 51.7 Å². The van der Waals surface area contributed by atoms with Gasteiger partial charge in [-0.25, -0.2) is 32.0 Å². The zero-order valence-corrected chi connectivity index (χ0v) is 39.6. The number of carboxylic acid groups (broad SMARTS) is 2. The second-order valence-corrected chi connectivity index (χ2v) is 21.1. The van der Waals surface area contributed by atoms with Crippen LogP contribution in [0.25, 0.3) is 21.5 Å². The highest BCUT2D eigenvalue weighted by atomic mass is 35.5. The summed E-state index contributed by atoms with van der Waals surface area (Å²) < 4.78 is 53.7. The summed E-state index contributed by atoms with van der Waals surface area (Å²) in [5, 5.41) is 26.9. The van der Waals surface area contributed by atoms with Crippen molar-refractivity contribution in [1.29, 1.82) is 0 Å². The molecule has 0 spiro atoms. The van der Waals surface area contributed by atoms with Gasteiger partial charge in [0.1, 0.15) is 11.1 Å². The molecule has 0 aliphatic carbocycles. The van der Waals surface area contributed by atoms with Crippen molar-refractivity contribution in [3.8, 4) is 16.2 Å². The molecule has 8 rings (SSSR count). The molecule has 0 saturated carbocycles. The van der Waals surface area contributed by atoms with Gasteiger partial charge in [0.2, 0.25) is 21.8 Å². The van der Waals surface area contributed by atoms with E-state index in [1.807, 2.05) is 18.2 Å². The summed E-state index contributed by atoms with van der Waals surface area (Å²) in [6.45, 7) is 3.79. The Bertz CT molecular complexity index is 3030. The number of aliphatic carboxylic acids is 1. The van der Waals surface area contributed by atoms with E-state index in [0.29, 0.717) is 72.4 Å². The van der Waals surface area contributed by atoms with Crippen LogP contribution >= 0.6 is 22.9 Å². The molecule has 3 fully saturated rings. The summed E-state index contributed by atoms with van der Waals surface area (Å²) in [7, 11) is -2.24. The number of rotatable bonds is 13. The highest BCUT2D eigenvalue weighted by Crippen LogP contribution is 2.47. The summed E-state index contributed by atoms with van der Waals surface area (Å²) in [5.41, 5.74) is 2.02. The van der Waals surface area contributed by atoms with E-state index in [1.54, 1.807) is 56.1 Å². The molecule has 5 aromatic rings. The van der Waals surface area contributed by atoms with Gasteiger partial charge >= 0.3 is 23.7 Å². The zero-order valence-electron chi connectivity index (χ0n) is 37.2. The van der Waals surface area contributed by atoms with Crippen LogP contribution in [0.15, 0.2) is 65.5 Å². The van der Waals surface area contributed by atoms with E-state index in [-0.39, 0.29) is 86.5 Å². The number of hydrogen-bond acceptors (Lipinski definition) is 11. The minimum absolute atomic E-state index is 0.0247. The van der Waals surface area contributed by atoms with E-state index in [0.717, 1.165) is 5.56 Å². The van der Waals surface area contributed by atoms with Crippen LogP contribution < -0.4 is 26.4 Å². The third-order valence-electron chi connectivity index (χ3n) is 12.8. The normalized spacial score (nSPS) is 19.2. The molecule has 5 N–H and O–H groups in total. The van der Waals surface area contributed by atoms with Crippen molar-refractivity contribution in [3.05, 3.63) is 98.0 Å². The SMILES string of the molecule is Cn1c(=O)n(C2CCC(=O)NC2=O)c2ccc(C3CCN(C(=O)Nc4cccc(CS(=O)(=O)N5CC[C@H](Nc6cccc(-c7sc(C(=O)O)c(OCC(=O)O)c7Cl)c6F)CC5(C)C)c4)CC3)cc21. The second-order valence-electron chi connectivity index (χ2n) is 17.9. The number of sulfonamides is 1. The van der Waals surface area contributed by atoms with Gasteiger partial charge in [-0.15, -0.1) is 11.3 Å². The summed E-state index contributed by atoms with van der Waals surface area (Å²) >= 11 is 7.08. The van der Waals surface area contributed by atoms with Crippen molar-refractivity contribution in [3.63, 3.8) is 0 Å². The quantitative estimate of drug-likeness (QED) is 0.0785. The topological polar surface area (TPSA) is 239 Å². The first-order chi connectivity index (χ1) is 32.2. The van der Waals surface area contributed by atoms with E-state index in [4.69, 9.17) is 21.4 Å². The van der Waals surface area contributed by atoms with Gasteiger partial charge in [0, 0.05) is 55.9 Å². The number of benzene rings is 3. The van der Waals surface area contributed by atoms with Crippen molar-refractivity contribution in [2.24, 2.45) is 7.05 Å². The number of aryl methyl sites for hydroxylation is 1. The molecule has 360 valence electrons. The number of imide groups is 1. The molecule has 2 aromatic heterocycles. The summed E-state index contributed by atoms with van der Waals surface area (Å²) in [4.78, 5) is 75.4. The third-order valence-corrected chi connectivity index (χ3v) is 16.5. The van der Waals surface area contributed by atoms with Crippen LogP contribution in [-0.2, 0) is 37.2 Å². The maximum Gasteiger partial charge on any atom is 0.349 e. The van der Waals surface area contributed by atoms with E-state index in [2.05, 4.69) is 16.0 Å². The average molecular weight is 995 g/mol. The summed E-state index contributed by atoms with van der Waals surface area (Å²) in [5.74, 6) is -4.94. The number of nitrogens with one attached hydrogen (secondary N) is 3. The Hall–Kier alpha value is -6.29. The monoisotopic (exact) mass is 993 g/mol. The lowest BCUT2D eigenvalue weighted by Gasteiger charge is -2.45. The van der Waals surface area contributed by atoms with Crippen LogP contribution in [0, 0.1) is 5.82 Å². The lowest BCUT2D eigenvalue weighted by molar-refractivity contribution is -0.139. The fraction of sp³-hybridized carbons (Fsp3) is 0.391. The first-order valence-electron chi connectivity index (χ1n) is 21.9. The van der Waals surface area contributed by atoms with Crippen LogP contribution in [0.1, 0.15) is 85.1 Å². The van der Waals surface area contributed by atoms with E-state index >= 15 is 4.39 Å². The molecule has 3 saturated heterocycles. The molecule has 5 heterocycles. The molecule has 0 radical (unpaired) electrons. The van der Waals surface area contributed by atoms with Gasteiger partial charge in [0.25, 0.3) is 0 Å². The number of ether oxygens (including phenoxy) is 1. The van der Waals surface area contributed by atoms with E-state index in [9.17, 15) is 42.3 Å². The number of hydrogen-bond donors (Lipinski definition) is 5. The lowest BCUT2D eigenvalue weighted by Crippen LogP contribution is -2.55. The fourth-order valence-electron chi connectivity index (χ4n) is 9.54. The van der Waals surface area contributed by atoms with Crippen molar-refractivity contribution >= 4 is 85.2 Å². The molecule has 1 unspecified atom stereocenters. The van der Waals surface area contributed by atoms with Gasteiger partial charge in [0.15, 0.2) is 23.1 Å². The number of aromatic nitrogens is 2. The number of aromatic carboxylic acids is 1. The molecule has 3 aliphatic heterocycles. The van der Waals surface area contributed by atoms with Crippen LogP contribution in [-0.4, -0.2) is 105 Å². The maximum atomic E-state index is 16.1. The van der Waals surface area contributed by atoms with Gasteiger partial charge in [0.05, 0.1) is 27.4 Å². The minimum atomic E-state index is -3.89. The number of urea groups is 1. The van der Waals surface area contributed by atoms with Crippen LogP contribution in [0.2, 0.25) is 5.02 Å². The molecule has 68 heavy (non-hydrogen) atoms. The number of carbonyl (C=O) groups is 5. The van der Waals surface area contributed by atoms with Crippen molar-refractivity contribution in [2.45, 2.75) is 81.7 Å². The Morgan fingerprint density at radius 1 is 0.971 bits per heavy atom. The van der Waals surface area contributed by atoms with Crippen molar-refractivity contribution in [2.75, 3.05) is 36.9 Å².